The Balaban J connectivity index is 1.26. The van der Waals surface area contributed by atoms with E-state index in [1.807, 2.05) is 44.2 Å². The number of carboxylic acid groups (broad SMARTS) is 1. The van der Waals surface area contributed by atoms with Gasteiger partial charge in [0.25, 0.3) is 0 Å². The van der Waals surface area contributed by atoms with Crippen LogP contribution in [0.3, 0.4) is 0 Å². The maximum Gasteiger partial charge on any atom is 0.407 e. The summed E-state index contributed by atoms with van der Waals surface area (Å²) in [4.78, 5) is 26.4. The van der Waals surface area contributed by atoms with Gasteiger partial charge in [-0.15, -0.1) is 0 Å². The van der Waals surface area contributed by atoms with Crippen LogP contribution in [-0.4, -0.2) is 118 Å². The van der Waals surface area contributed by atoms with Crippen molar-refractivity contribution < 1.29 is 56.6 Å². The van der Waals surface area contributed by atoms with Crippen molar-refractivity contribution in [1.82, 2.24) is 14.5 Å². The molecule has 2 aromatic carbocycles. The molecule has 6 rings (SSSR count). The van der Waals surface area contributed by atoms with Gasteiger partial charge >= 0.3 is 6.09 Å². The minimum atomic E-state index is -4.31. The van der Waals surface area contributed by atoms with Crippen molar-refractivity contribution in [3.8, 4) is 11.5 Å². The summed E-state index contributed by atoms with van der Waals surface area (Å²) in [5.74, 6) is 0.413. The number of alkyl carbamates (subject to hydrolysis) is 1. The summed E-state index contributed by atoms with van der Waals surface area (Å²) >= 11 is 0. The Bertz CT molecular complexity index is 1620. The Hall–Kier alpha value is -3.67. The van der Waals surface area contributed by atoms with E-state index in [2.05, 4.69) is 5.32 Å². The molecule has 2 N–H and O–H groups in total. The van der Waals surface area contributed by atoms with E-state index in [1.165, 1.54) is 22.5 Å². The summed E-state index contributed by atoms with van der Waals surface area (Å²) in [6.45, 7) is 4.66. The van der Waals surface area contributed by atoms with Crippen molar-refractivity contribution >= 4 is 22.2 Å². The van der Waals surface area contributed by atoms with Crippen LogP contribution in [0.25, 0.3) is 0 Å². The SMILES string of the molecule is CC(C)(CCNC(=O)O[C@@H]1CCOC1)CN(C[C@@H](O)[C@H](Cc1ccccc1)N(C(=O)[O-])[C@H]1CO[C@H]2OCC[C@H]21)S(=O)(=O)c1ccc2c(c1)OCO2. The quantitative estimate of drug-likeness (QED) is 0.271. The first-order valence-corrected chi connectivity index (χ1v) is 18.7. The number of fused-ring (bicyclic) bond motifs is 2. The third kappa shape index (κ3) is 8.87. The van der Waals surface area contributed by atoms with E-state index in [1.54, 1.807) is 0 Å². The summed E-state index contributed by atoms with van der Waals surface area (Å²) in [5, 5.41) is 27.7. The van der Waals surface area contributed by atoms with Crippen LogP contribution in [0.1, 0.15) is 38.7 Å². The zero-order valence-electron chi connectivity index (χ0n) is 28.8. The topological polar surface area (TPSA) is 185 Å². The number of carbonyl (C=O) groups excluding carboxylic acids is 2. The fraction of sp³-hybridized carbons (Fsp3) is 0.600. The number of sulfonamides is 1. The molecule has 2 aromatic rings. The molecule has 0 aliphatic carbocycles. The minimum absolute atomic E-state index is 0.0461. The lowest BCUT2D eigenvalue weighted by molar-refractivity contribution is -0.273. The van der Waals surface area contributed by atoms with Crippen molar-refractivity contribution in [1.29, 1.82) is 0 Å². The van der Waals surface area contributed by atoms with Gasteiger partial charge in [0.2, 0.25) is 16.8 Å². The van der Waals surface area contributed by atoms with Crippen LogP contribution in [-0.2, 0) is 35.4 Å². The van der Waals surface area contributed by atoms with Gasteiger partial charge in [0, 0.05) is 38.0 Å². The van der Waals surface area contributed by atoms with E-state index in [0.29, 0.717) is 44.8 Å². The summed E-state index contributed by atoms with van der Waals surface area (Å²) in [6, 6.07) is 11.6. The highest BCUT2D eigenvalue weighted by Crippen LogP contribution is 2.38. The van der Waals surface area contributed by atoms with Crippen LogP contribution in [0.5, 0.6) is 11.5 Å². The smallest absolute Gasteiger partial charge is 0.407 e. The van der Waals surface area contributed by atoms with Crippen LogP contribution in [0.2, 0.25) is 0 Å². The fourth-order valence-electron chi connectivity index (χ4n) is 7.14. The minimum Gasteiger partial charge on any atom is -0.530 e. The van der Waals surface area contributed by atoms with Gasteiger partial charge in [-0.3, -0.25) is 0 Å². The largest absolute Gasteiger partial charge is 0.530 e. The number of aliphatic hydroxyl groups is 1. The number of amides is 2. The first kappa shape index (κ1) is 37.1. The Kier molecular flexibility index (Phi) is 11.6. The Labute approximate surface area is 297 Å². The zero-order valence-corrected chi connectivity index (χ0v) is 29.6. The zero-order chi connectivity index (χ0) is 36.2. The number of ether oxygens (including phenoxy) is 6. The number of rotatable bonds is 15. The second kappa shape index (κ2) is 15.9. The normalized spacial score (nSPS) is 23.9. The third-order valence-corrected chi connectivity index (χ3v) is 11.7. The first-order chi connectivity index (χ1) is 24.4. The molecular weight excluding hydrogens is 686 g/mol. The lowest BCUT2D eigenvalue weighted by atomic mass is 9.89. The Morgan fingerprint density at radius 2 is 1.84 bits per heavy atom. The molecule has 0 spiro atoms. The van der Waals surface area contributed by atoms with E-state index in [0.717, 1.165) is 10.5 Å². The van der Waals surface area contributed by atoms with Crippen molar-refractivity contribution in [2.75, 3.05) is 52.9 Å². The van der Waals surface area contributed by atoms with Crippen LogP contribution in [0, 0.1) is 11.3 Å². The van der Waals surface area contributed by atoms with Crippen LogP contribution >= 0.6 is 0 Å². The molecule has 4 aliphatic heterocycles. The molecule has 4 heterocycles. The molecule has 0 unspecified atom stereocenters. The van der Waals surface area contributed by atoms with E-state index >= 15 is 0 Å². The first-order valence-electron chi connectivity index (χ1n) is 17.3. The molecule has 6 atom stereocenters. The van der Waals surface area contributed by atoms with Gasteiger partial charge < -0.3 is 53.6 Å². The summed E-state index contributed by atoms with van der Waals surface area (Å²) in [5.41, 5.74) is 0.0161. The fourth-order valence-corrected chi connectivity index (χ4v) is 8.81. The van der Waals surface area contributed by atoms with Gasteiger partial charge in [-0.2, -0.15) is 4.31 Å². The summed E-state index contributed by atoms with van der Waals surface area (Å²) in [7, 11) is -4.31. The molecule has 51 heavy (non-hydrogen) atoms. The number of benzene rings is 2. The van der Waals surface area contributed by atoms with Gasteiger partial charge in [0.05, 0.1) is 49.5 Å². The van der Waals surface area contributed by atoms with E-state index in [9.17, 15) is 28.2 Å². The average Bonchev–Trinajstić information content (AvgIpc) is 3.91. The second-order valence-electron chi connectivity index (χ2n) is 14.1. The molecule has 0 saturated carbocycles. The maximum atomic E-state index is 14.4. The number of nitrogens with one attached hydrogen (secondary N) is 1. The molecule has 0 bridgehead atoms. The van der Waals surface area contributed by atoms with Crippen LogP contribution in [0.15, 0.2) is 53.4 Å². The highest BCUT2D eigenvalue weighted by atomic mass is 32.2. The molecule has 0 radical (unpaired) electrons. The van der Waals surface area contributed by atoms with Crippen molar-refractivity contribution in [2.24, 2.45) is 11.3 Å². The van der Waals surface area contributed by atoms with Gasteiger partial charge in [0.1, 0.15) is 12.2 Å². The summed E-state index contributed by atoms with van der Waals surface area (Å²) < 4.78 is 63.0. The number of aliphatic hydroxyl groups excluding tert-OH is 1. The molecule has 2 amide bonds. The molecule has 280 valence electrons. The second-order valence-corrected chi connectivity index (χ2v) is 16.1. The molecule has 15 nitrogen and oxygen atoms in total. The van der Waals surface area contributed by atoms with E-state index in [-0.39, 0.29) is 55.6 Å². The lowest BCUT2D eigenvalue weighted by Crippen LogP contribution is -2.61. The molecular formula is C35H46N3O12S-. The van der Waals surface area contributed by atoms with Crippen LogP contribution < -0.4 is 19.9 Å². The van der Waals surface area contributed by atoms with Gasteiger partial charge in [-0.05, 0) is 42.4 Å². The lowest BCUT2D eigenvalue weighted by Gasteiger charge is -2.43. The van der Waals surface area contributed by atoms with Crippen molar-refractivity contribution in [3.05, 3.63) is 54.1 Å². The standard InChI is InChI=1S/C35H47N3O12S/c1-35(2,12-13-36-33(40)50-24-10-14-45-19-24)21-37(51(43,44)25-8-9-30-31(17-25)49-22-48-30)18-29(39)27(16-23-6-4-3-5-7-23)38(34(41)42)28-20-47-32-26(28)11-15-46-32/h3-9,17,24,26-29,32,39H,10-16,18-22H2,1-2H3,(H,36,40)(H,41,42)/p-1/t24-,26+,27+,28+,29-,32-/m1/s1. The average molecular weight is 733 g/mol. The summed E-state index contributed by atoms with van der Waals surface area (Å²) in [6.07, 6.45) is -2.81. The van der Waals surface area contributed by atoms with Gasteiger partial charge in [0.15, 0.2) is 17.8 Å². The Morgan fingerprint density at radius 3 is 2.59 bits per heavy atom. The van der Waals surface area contributed by atoms with Gasteiger partial charge in [-0.1, -0.05) is 44.2 Å². The molecule has 16 heteroatoms. The number of hydrogen-bond acceptors (Lipinski definition) is 12. The molecule has 4 aliphatic rings. The predicted molar refractivity (Wildman–Crippen MR) is 178 cm³/mol. The highest BCUT2D eigenvalue weighted by Gasteiger charge is 2.47. The predicted octanol–water partition coefficient (Wildman–Crippen LogP) is 1.72. The maximum absolute atomic E-state index is 14.4. The number of carbonyl (C=O) groups is 2. The highest BCUT2D eigenvalue weighted by molar-refractivity contribution is 7.89. The molecule has 0 aromatic heterocycles. The number of hydrogen-bond donors (Lipinski definition) is 2. The van der Waals surface area contributed by atoms with E-state index in [4.69, 9.17) is 28.4 Å². The molecule has 3 saturated heterocycles. The van der Waals surface area contributed by atoms with Crippen LogP contribution in [0.4, 0.5) is 9.59 Å². The van der Waals surface area contributed by atoms with E-state index < -0.39 is 58.6 Å². The monoisotopic (exact) mass is 732 g/mol. The molecule has 3 fully saturated rings. The van der Waals surface area contributed by atoms with Crippen molar-refractivity contribution in [3.63, 3.8) is 0 Å². The van der Waals surface area contributed by atoms with Gasteiger partial charge in [-0.25, -0.2) is 13.2 Å². The van der Waals surface area contributed by atoms with Crippen molar-refractivity contribution in [2.45, 2.75) is 75.0 Å². The Morgan fingerprint density at radius 1 is 1.06 bits per heavy atom. The third-order valence-electron chi connectivity index (χ3n) is 9.88. The number of nitrogens with zero attached hydrogens (tertiary/aromatic N) is 2.